The van der Waals surface area contributed by atoms with Crippen molar-refractivity contribution in [3.8, 4) is 19.5 Å². The summed E-state index contributed by atoms with van der Waals surface area (Å²) in [6.45, 7) is 5.87. The zero-order chi connectivity index (χ0) is 20.8. The molecule has 30 heavy (non-hydrogen) atoms. The van der Waals surface area contributed by atoms with E-state index in [4.69, 9.17) is 14.2 Å². The van der Waals surface area contributed by atoms with Gasteiger partial charge >= 0.3 is 0 Å². The molecule has 0 spiro atoms. The summed E-state index contributed by atoms with van der Waals surface area (Å²) in [5.74, 6) is 0. The van der Waals surface area contributed by atoms with E-state index in [1.807, 2.05) is 41.4 Å². The van der Waals surface area contributed by atoms with E-state index in [0.717, 1.165) is 6.42 Å². The van der Waals surface area contributed by atoms with Gasteiger partial charge in [-0.15, -0.1) is 34.0 Å². The van der Waals surface area contributed by atoms with Crippen LogP contribution in [0.25, 0.3) is 24.4 Å². The first-order valence-corrected chi connectivity index (χ1v) is 13.1. The van der Waals surface area contributed by atoms with Crippen molar-refractivity contribution in [1.82, 2.24) is 0 Å². The molecule has 3 nitrogen and oxygen atoms in total. The van der Waals surface area contributed by atoms with E-state index in [1.165, 1.54) is 39.1 Å². The van der Waals surface area contributed by atoms with Crippen LogP contribution in [0.4, 0.5) is 0 Å². The molecule has 0 radical (unpaired) electrons. The molecular weight excluding hydrogens is 453 g/mol. The molecule has 0 aromatic carbocycles. The van der Waals surface area contributed by atoms with E-state index in [-0.39, 0.29) is 13.6 Å². The zero-order valence-corrected chi connectivity index (χ0v) is 20.3. The quantitative estimate of drug-likeness (QED) is 0.218. The van der Waals surface area contributed by atoms with E-state index in [9.17, 15) is 0 Å². The second-order valence-corrected chi connectivity index (χ2v) is 11.2. The molecule has 1 aliphatic heterocycles. The zero-order valence-electron chi connectivity index (χ0n) is 17.0. The largest absolute Gasteiger partial charge is 0.356 e. The van der Waals surface area contributed by atoms with Crippen LogP contribution in [-0.4, -0.2) is 20.2 Å². The molecule has 1 aliphatic rings. The Kier molecular flexibility index (Phi) is 8.01. The predicted molar refractivity (Wildman–Crippen MR) is 132 cm³/mol. The maximum absolute atomic E-state index is 5.56. The van der Waals surface area contributed by atoms with Gasteiger partial charge in [0.15, 0.2) is 0 Å². The second kappa shape index (κ2) is 10.9. The standard InChI is InChI=1S/C23H24O3S4/c1-3-24-14-26-15-25-13-17-7-8-19(28-17)21-10-12-23(30-21)22-11-9-20(29-22)18-6-4-5-16(2)27-18/h5-12H,3-4,13-15H2,1-2H3. The first-order valence-electron chi connectivity index (χ1n) is 9.80. The fraction of sp³-hybridized carbons (Fsp3) is 0.304. The Morgan fingerprint density at radius 1 is 0.733 bits per heavy atom. The predicted octanol–water partition coefficient (Wildman–Crippen LogP) is 8.07. The van der Waals surface area contributed by atoms with Crippen LogP contribution in [-0.2, 0) is 20.8 Å². The highest BCUT2D eigenvalue weighted by molar-refractivity contribution is 8.12. The Balaban J connectivity index is 1.36. The molecule has 0 aliphatic carbocycles. The summed E-state index contributed by atoms with van der Waals surface area (Å²) in [7, 11) is 0. The smallest absolute Gasteiger partial charge is 0.150 e. The van der Waals surface area contributed by atoms with Crippen molar-refractivity contribution in [1.29, 1.82) is 0 Å². The summed E-state index contributed by atoms with van der Waals surface area (Å²) in [4.78, 5) is 10.6. The number of thioether (sulfide) groups is 1. The van der Waals surface area contributed by atoms with Gasteiger partial charge in [0.1, 0.15) is 13.6 Å². The van der Waals surface area contributed by atoms with Crippen molar-refractivity contribution in [2.24, 2.45) is 0 Å². The Morgan fingerprint density at radius 3 is 2.10 bits per heavy atom. The lowest BCUT2D eigenvalue weighted by Gasteiger charge is -2.09. The fourth-order valence-corrected chi connectivity index (χ4v) is 7.11. The second-order valence-electron chi connectivity index (χ2n) is 6.60. The molecule has 0 saturated carbocycles. The van der Waals surface area contributed by atoms with Crippen molar-refractivity contribution in [2.45, 2.75) is 26.9 Å². The average molecular weight is 477 g/mol. The summed E-state index contributed by atoms with van der Waals surface area (Å²) in [5, 5.41) is 0. The molecule has 4 heterocycles. The molecule has 0 saturated heterocycles. The average Bonchev–Trinajstić information content (AvgIpc) is 3.50. The van der Waals surface area contributed by atoms with Crippen LogP contribution in [0.5, 0.6) is 0 Å². The topological polar surface area (TPSA) is 27.7 Å². The van der Waals surface area contributed by atoms with Gasteiger partial charge < -0.3 is 14.2 Å². The van der Waals surface area contributed by atoms with Gasteiger partial charge in [0.05, 0.1) is 6.61 Å². The number of allylic oxidation sites excluding steroid dienone is 3. The van der Waals surface area contributed by atoms with E-state index in [1.54, 1.807) is 11.3 Å². The molecule has 0 unspecified atom stereocenters. The van der Waals surface area contributed by atoms with Crippen LogP contribution < -0.4 is 0 Å². The van der Waals surface area contributed by atoms with Crippen molar-refractivity contribution < 1.29 is 14.2 Å². The summed E-state index contributed by atoms with van der Waals surface area (Å²) in [6, 6.07) is 13.3. The number of thiophene rings is 3. The third-order valence-electron chi connectivity index (χ3n) is 4.36. The van der Waals surface area contributed by atoms with E-state index >= 15 is 0 Å². The van der Waals surface area contributed by atoms with Crippen LogP contribution in [0.3, 0.4) is 0 Å². The van der Waals surface area contributed by atoms with Crippen molar-refractivity contribution in [3.63, 3.8) is 0 Å². The molecule has 0 N–H and O–H groups in total. The van der Waals surface area contributed by atoms with Gasteiger partial charge in [-0.1, -0.05) is 23.9 Å². The molecule has 4 rings (SSSR count). The van der Waals surface area contributed by atoms with Gasteiger partial charge in [0, 0.05) is 40.8 Å². The van der Waals surface area contributed by atoms with E-state index < -0.39 is 0 Å². The molecule has 0 fully saturated rings. The van der Waals surface area contributed by atoms with Gasteiger partial charge in [0.25, 0.3) is 0 Å². The number of ether oxygens (including phenoxy) is 3. The van der Waals surface area contributed by atoms with Crippen molar-refractivity contribution >= 4 is 50.7 Å². The molecule has 0 amide bonds. The highest BCUT2D eigenvalue weighted by Gasteiger charge is 2.13. The lowest BCUT2D eigenvalue weighted by Crippen LogP contribution is -2.03. The van der Waals surface area contributed by atoms with Gasteiger partial charge in [-0.05, 0) is 61.6 Å². The highest BCUT2D eigenvalue weighted by atomic mass is 32.2. The van der Waals surface area contributed by atoms with Crippen LogP contribution in [0.1, 0.15) is 30.0 Å². The number of hydrogen-bond donors (Lipinski definition) is 0. The van der Waals surface area contributed by atoms with Gasteiger partial charge in [-0.25, -0.2) is 0 Å². The van der Waals surface area contributed by atoms with Gasteiger partial charge in [-0.2, -0.15) is 0 Å². The summed E-state index contributed by atoms with van der Waals surface area (Å²) in [5.41, 5.74) is 0. The third kappa shape index (κ3) is 5.73. The van der Waals surface area contributed by atoms with E-state index in [0.29, 0.717) is 13.2 Å². The molecule has 0 atom stereocenters. The Labute approximate surface area is 194 Å². The number of hydrogen-bond acceptors (Lipinski definition) is 7. The number of rotatable bonds is 10. The Morgan fingerprint density at radius 2 is 1.37 bits per heavy atom. The van der Waals surface area contributed by atoms with Crippen LogP contribution in [0, 0.1) is 0 Å². The summed E-state index contributed by atoms with van der Waals surface area (Å²) >= 11 is 7.38. The van der Waals surface area contributed by atoms with E-state index in [2.05, 4.69) is 55.5 Å². The molecule has 3 aromatic heterocycles. The molecule has 158 valence electrons. The fourth-order valence-electron chi connectivity index (χ4n) is 2.91. The van der Waals surface area contributed by atoms with Crippen molar-refractivity contribution in [2.75, 3.05) is 20.2 Å². The molecule has 7 heteroatoms. The summed E-state index contributed by atoms with van der Waals surface area (Å²) < 4.78 is 15.9. The minimum Gasteiger partial charge on any atom is -0.356 e. The first-order chi connectivity index (χ1) is 14.7. The Bertz CT molecular complexity index is 1020. The maximum Gasteiger partial charge on any atom is 0.150 e. The first kappa shape index (κ1) is 22.0. The lowest BCUT2D eigenvalue weighted by molar-refractivity contribution is -0.133. The van der Waals surface area contributed by atoms with Crippen LogP contribution in [0.15, 0.2) is 53.5 Å². The lowest BCUT2D eigenvalue weighted by atomic mass is 10.3. The molecular formula is C23H24O3S4. The van der Waals surface area contributed by atoms with Gasteiger partial charge in [0.2, 0.25) is 0 Å². The maximum atomic E-state index is 5.56. The monoisotopic (exact) mass is 476 g/mol. The van der Waals surface area contributed by atoms with Gasteiger partial charge in [-0.3, -0.25) is 0 Å². The molecule has 0 bridgehead atoms. The molecule has 3 aromatic rings. The Hall–Kier alpha value is -1.19. The SMILES string of the molecule is CCOCOCOCc1ccc(-c2ccc(-c3ccc(C4=CCC=C(C)S4)s3)s2)s1. The normalized spacial score (nSPS) is 14.1. The highest BCUT2D eigenvalue weighted by Crippen LogP contribution is 2.44. The third-order valence-corrected chi connectivity index (χ3v) is 9.24. The van der Waals surface area contributed by atoms with Crippen LogP contribution >= 0.6 is 45.8 Å². The minimum atomic E-state index is 0.251. The summed E-state index contributed by atoms with van der Waals surface area (Å²) in [6.07, 6.45) is 5.64. The minimum absolute atomic E-state index is 0.251. The van der Waals surface area contributed by atoms with Crippen molar-refractivity contribution in [3.05, 3.63) is 63.2 Å². The van der Waals surface area contributed by atoms with Crippen LogP contribution in [0.2, 0.25) is 0 Å².